The number of hydrogen-bond donors (Lipinski definition) is 1. The summed E-state index contributed by atoms with van der Waals surface area (Å²) in [5.74, 6) is -0.313. The zero-order chi connectivity index (χ0) is 25.8. The van der Waals surface area contributed by atoms with Gasteiger partial charge in [-0.1, -0.05) is 0 Å². The molecule has 0 saturated carbocycles. The van der Waals surface area contributed by atoms with Crippen molar-refractivity contribution in [1.29, 1.82) is 5.26 Å². The van der Waals surface area contributed by atoms with Crippen LogP contribution in [0.2, 0.25) is 0 Å². The monoisotopic (exact) mass is 497 g/mol. The lowest BCUT2D eigenvalue weighted by Gasteiger charge is -2.34. The standard InChI is InChI=1S/C24H28FN7O4/c1-30-7-8-31(20(33)14-30)13-16-9-15-5-4-6-32(22(15)29-21(16)23(35-2)36-3)24(34)28-19-10-18(25)17(11-26)12-27-19/h9-10,12,23H,4-8,13-14H2,1-3H3,(H,27,28,34). The summed E-state index contributed by atoms with van der Waals surface area (Å²) < 4.78 is 25.0. The third-order valence-electron chi connectivity index (χ3n) is 6.25. The number of halogens is 1. The van der Waals surface area contributed by atoms with Crippen LogP contribution in [0.5, 0.6) is 0 Å². The van der Waals surface area contributed by atoms with E-state index in [4.69, 9.17) is 19.7 Å². The molecule has 2 aliphatic heterocycles. The highest BCUT2D eigenvalue weighted by Gasteiger charge is 2.30. The van der Waals surface area contributed by atoms with Crippen LogP contribution in [0.3, 0.4) is 0 Å². The highest BCUT2D eigenvalue weighted by molar-refractivity contribution is 6.01. The maximum Gasteiger partial charge on any atom is 0.328 e. The average Bonchev–Trinajstić information content (AvgIpc) is 2.86. The molecular formula is C24H28FN7O4. The Hall–Kier alpha value is -3.66. The number of urea groups is 1. The Labute approximate surface area is 208 Å². The van der Waals surface area contributed by atoms with Crippen molar-refractivity contribution in [1.82, 2.24) is 19.8 Å². The van der Waals surface area contributed by atoms with Crippen molar-refractivity contribution < 1.29 is 23.5 Å². The first-order valence-electron chi connectivity index (χ1n) is 11.5. The number of piperazine rings is 1. The van der Waals surface area contributed by atoms with Crippen molar-refractivity contribution in [2.75, 3.05) is 57.7 Å². The second-order valence-electron chi connectivity index (χ2n) is 8.72. The van der Waals surface area contributed by atoms with Crippen molar-refractivity contribution in [2.24, 2.45) is 0 Å². The number of ether oxygens (including phenoxy) is 2. The first-order valence-corrected chi connectivity index (χ1v) is 11.5. The number of carbonyl (C=O) groups is 2. The van der Waals surface area contributed by atoms with Gasteiger partial charge >= 0.3 is 6.03 Å². The van der Waals surface area contributed by atoms with Crippen molar-refractivity contribution in [3.05, 3.63) is 46.5 Å². The minimum Gasteiger partial charge on any atom is -0.350 e. The topological polar surface area (TPSA) is 124 Å². The highest BCUT2D eigenvalue weighted by atomic mass is 19.1. The number of amides is 3. The fraction of sp³-hybridized carbons (Fsp3) is 0.458. The number of methoxy groups -OCH3 is 2. The van der Waals surface area contributed by atoms with E-state index in [0.717, 1.165) is 29.9 Å². The predicted octanol–water partition coefficient (Wildman–Crippen LogP) is 2.04. The quantitative estimate of drug-likeness (QED) is 0.602. The van der Waals surface area contributed by atoms with Crippen LogP contribution in [-0.4, -0.2) is 79.2 Å². The third-order valence-corrected chi connectivity index (χ3v) is 6.25. The van der Waals surface area contributed by atoms with Gasteiger partial charge in [0.2, 0.25) is 12.2 Å². The molecule has 1 saturated heterocycles. The van der Waals surface area contributed by atoms with Gasteiger partial charge in [-0.2, -0.15) is 5.26 Å². The second-order valence-corrected chi connectivity index (χ2v) is 8.72. The van der Waals surface area contributed by atoms with Crippen molar-refractivity contribution in [3.63, 3.8) is 0 Å². The molecule has 36 heavy (non-hydrogen) atoms. The molecule has 2 aliphatic rings. The molecule has 3 amide bonds. The van der Waals surface area contributed by atoms with Crippen LogP contribution < -0.4 is 10.2 Å². The number of aryl methyl sites for hydroxylation is 1. The Morgan fingerprint density at radius 1 is 1.28 bits per heavy atom. The number of rotatable bonds is 6. The van der Waals surface area contributed by atoms with Crippen LogP contribution >= 0.6 is 0 Å². The van der Waals surface area contributed by atoms with E-state index in [0.29, 0.717) is 50.5 Å². The lowest BCUT2D eigenvalue weighted by molar-refractivity contribution is -0.136. The van der Waals surface area contributed by atoms with Gasteiger partial charge in [0, 0.05) is 46.5 Å². The minimum atomic E-state index is -0.797. The normalized spacial score (nSPS) is 16.2. The summed E-state index contributed by atoms with van der Waals surface area (Å²) in [4.78, 5) is 39.7. The van der Waals surface area contributed by atoms with Gasteiger partial charge in [-0.25, -0.2) is 19.2 Å². The van der Waals surface area contributed by atoms with E-state index in [1.807, 2.05) is 18.0 Å². The summed E-state index contributed by atoms with van der Waals surface area (Å²) in [6.07, 6.45) is 1.67. The van der Waals surface area contributed by atoms with Gasteiger partial charge in [0.05, 0.1) is 12.7 Å². The molecule has 12 heteroatoms. The summed E-state index contributed by atoms with van der Waals surface area (Å²) >= 11 is 0. The predicted molar refractivity (Wildman–Crippen MR) is 128 cm³/mol. The molecule has 1 N–H and O–H groups in total. The zero-order valence-corrected chi connectivity index (χ0v) is 20.5. The Kier molecular flexibility index (Phi) is 7.73. The zero-order valence-electron chi connectivity index (χ0n) is 20.5. The molecule has 4 rings (SSSR count). The van der Waals surface area contributed by atoms with Crippen LogP contribution in [0.4, 0.5) is 20.8 Å². The number of hydrogen-bond acceptors (Lipinski definition) is 8. The van der Waals surface area contributed by atoms with Crippen LogP contribution in [-0.2, 0) is 27.2 Å². The lowest BCUT2D eigenvalue weighted by Crippen LogP contribution is -2.48. The molecule has 190 valence electrons. The largest absolute Gasteiger partial charge is 0.350 e. The number of pyridine rings is 2. The number of nitrogens with zero attached hydrogens (tertiary/aromatic N) is 6. The number of fused-ring (bicyclic) bond motifs is 1. The SMILES string of the molecule is COC(OC)c1nc2c(cc1CN1CCN(C)CC1=O)CCCN2C(=O)Nc1cc(F)c(C#N)cn1. The first kappa shape index (κ1) is 25.4. The van der Waals surface area contributed by atoms with E-state index in [2.05, 4.69) is 10.3 Å². The van der Waals surface area contributed by atoms with E-state index in [1.54, 1.807) is 11.0 Å². The van der Waals surface area contributed by atoms with E-state index in [-0.39, 0.29) is 17.3 Å². The Morgan fingerprint density at radius 3 is 2.72 bits per heavy atom. The first-order chi connectivity index (χ1) is 17.3. The van der Waals surface area contributed by atoms with E-state index in [1.165, 1.54) is 19.1 Å². The van der Waals surface area contributed by atoms with Crippen LogP contribution in [0.1, 0.15) is 35.1 Å². The van der Waals surface area contributed by atoms with Gasteiger partial charge in [-0.3, -0.25) is 19.9 Å². The summed E-state index contributed by atoms with van der Waals surface area (Å²) in [5, 5.41) is 11.5. The summed E-state index contributed by atoms with van der Waals surface area (Å²) in [5.41, 5.74) is 1.91. The Bertz CT molecular complexity index is 1200. The molecule has 0 aromatic carbocycles. The average molecular weight is 498 g/mol. The van der Waals surface area contributed by atoms with E-state index < -0.39 is 18.1 Å². The molecule has 4 heterocycles. The number of aromatic nitrogens is 2. The number of nitrogens with one attached hydrogen (secondary N) is 1. The van der Waals surface area contributed by atoms with Gasteiger partial charge in [0.25, 0.3) is 0 Å². The van der Waals surface area contributed by atoms with Crippen molar-refractivity contribution >= 4 is 23.6 Å². The highest BCUT2D eigenvalue weighted by Crippen LogP contribution is 2.32. The van der Waals surface area contributed by atoms with Gasteiger partial charge in [0.1, 0.15) is 34.8 Å². The summed E-state index contributed by atoms with van der Waals surface area (Å²) in [7, 11) is 4.90. The number of nitriles is 1. The van der Waals surface area contributed by atoms with Crippen molar-refractivity contribution in [3.8, 4) is 6.07 Å². The molecule has 0 unspecified atom stereocenters. The van der Waals surface area contributed by atoms with E-state index >= 15 is 0 Å². The molecule has 0 bridgehead atoms. The number of anilines is 2. The molecule has 0 atom stereocenters. The van der Waals surface area contributed by atoms with Crippen LogP contribution in [0.15, 0.2) is 18.3 Å². The molecule has 2 aromatic rings. The van der Waals surface area contributed by atoms with Gasteiger partial charge < -0.3 is 14.4 Å². The fourth-order valence-corrected chi connectivity index (χ4v) is 4.36. The summed E-state index contributed by atoms with van der Waals surface area (Å²) in [6.45, 7) is 2.47. The van der Waals surface area contributed by atoms with Gasteiger partial charge in [-0.05, 0) is 37.1 Å². The molecule has 2 aromatic heterocycles. The molecule has 0 spiro atoms. The second kappa shape index (κ2) is 10.9. The number of carbonyl (C=O) groups excluding carboxylic acids is 2. The van der Waals surface area contributed by atoms with E-state index in [9.17, 15) is 14.0 Å². The fourth-order valence-electron chi connectivity index (χ4n) is 4.36. The van der Waals surface area contributed by atoms with Crippen LogP contribution in [0, 0.1) is 17.1 Å². The maximum atomic E-state index is 14.0. The smallest absolute Gasteiger partial charge is 0.328 e. The van der Waals surface area contributed by atoms with Gasteiger partial charge in [0.15, 0.2) is 0 Å². The number of likely N-dealkylation sites (N-methyl/N-ethyl adjacent to an activating group) is 1. The Balaban J connectivity index is 1.64. The van der Waals surface area contributed by atoms with Crippen molar-refractivity contribution in [2.45, 2.75) is 25.7 Å². The lowest BCUT2D eigenvalue weighted by atomic mass is 10.0. The molecular weight excluding hydrogens is 469 g/mol. The van der Waals surface area contributed by atoms with Gasteiger partial charge in [-0.15, -0.1) is 0 Å². The Morgan fingerprint density at radius 2 is 2.06 bits per heavy atom. The summed E-state index contributed by atoms with van der Waals surface area (Å²) in [6, 6.07) is 4.12. The molecule has 0 aliphatic carbocycles. The molecule has 11 nitrogen and oxygen atoms in total. The maximum absolute atomic E-state index is 14.0. The third kappa shape index (κ3) is 5.28. The molecule has 1 fully saturated rings. The molecule has 0 radical (unpaired) electrons. The van der Waals surface area contributed by atoms with Crippen LogP contribution in [0.25, 0.3) is 0 Å². The minimum absolute atomic E-state index is 0.0132.